The molecule has 1 aromatic rings. The minimum atomic E-state index is -0.793. The summed E-state index contributed by atoms with van der Waals surface area (Å²) in [4.78, 5) is 24.6. The van der Waals surface area contributed by atoms with E-state index in [4.69, 9.17) is 5.11 Å². The largest absolute Gasteiger partial charge is 0.481 e. The van der Waals surface area contributed by atoms with Crippen molar-refractivity contribution in [3.8, 4) is 0 Å². The predicted octanol–water partition coefficient (Wildman–Crippen LogP) is 2.79. The van der Waals surface area contributed by atoms with E-state index in [-0.39, 0.29) is 18.5 Å². The van der Waals surface area contributed by atoms with Crippen molar-refractivity contribution in [2.45, 2.75) is 45.1 Å². The van der Waals surface area contributed by atoms with Crippen LogP contribution in [-0.2, 0) is 11.2 Å². The third kappa shape index (κ3) is 4.21. The molecule has 0 radical (unpaired) electrons. The highest BCUT2D eigenvalue weighted by Crippen LogP contribution is 2.26. The standard InChI is InChI=1S/C16H22N2O3/c1-12(6-4-10-15(19)20)17-16(21)18-11-5-8-13-7-2-3-9-14(13)18/h2-3,7,9,12H,4-6,8,10-11H2,1H3,(H,17,21)(H,19,20). The van der Waals surface area contributed by atoms with E-state index in [1.54, 1.807) is 4.90 Å². The molecule has 0 saturated carbocycles. The van der Waals surface area contributed by atoms with Gasteiger partial charge in [-0.05, 0) is 44.2 Å². The summed E-state index contributed by atoms with van der Waals surface area (Å²) >= 11 is 0. The molecule has 1 atom stereocenters. The Morgan fingerprint density at radius 3 is 2.90 bits per heavy atom. The van der Waals surface area contributed by atoms with Gasteiger partial charge in [0.25, 0.3) is 0 Å². The second kappa shape index (κ2) is 7.11. The first-order chi connectivity index (χ1) is 10.1. The number of aryl methyl sites for hydroxylation is 1. The van der Waals surface area contributed by atoms with Gasteiger partial charge >= 0.3 is 12.0 Å². The van der Waals surface area contributed by atoms with Gasteiger partial charge in [0.2, 0.25) is 0 Å². The number of nitrogens with one attached hydrogen (secondary N) is 1. The summed E-state index contributed by atoms with van der Waals surface area (Å²) in [7, 11) is 0. The molecule has 0 spiro atoms. The summed E-state index contributed by atoms with van der Waals surface area (Å²) in [6.07, 6.45) is 3.37. The fourth-order valence-electron chi connectivity index (χ4n) is 2.66. The molecule has 2 amide bonds. The Bertz CT molecular complexity index is 516. The maximum absolute atomic E-state index is 12.4. The molecule has 1 heterocycles. The summed E-state index contributed by atoms with van der Waals surface area (Å²) in [5, 5.41) is 11.6. The van der Waals surface area contributed by atoms with E-state index in [2.05, 4.69) is 11.4 Å². The minimum absolute atomic E-state index is 0.0223. The quantitative estimate of drug-likeness (QED) is 0.876. The number of hydrogen-bond donors (Lipinski definition) is 2. The Balaban J connectivity index is 1.90. The molecule has 2 N–H and O–H groups in total. The van der Waals surface area contributed by atoms with Crippen LogP contribution in [0.1, 0.15) is 38.2 Å². The van der Waals surface area contributed by atoms with Crippen LogP contribution in [-0.4, -0.2) is 29.7 Å². The average Bonchev–Trinajstić information content (AvgIpc) is 2.46. The zero-order chi connectivity index (χ0) is 15.2. The van der Waals surface area contributed by atoms with E-state index >= 15 is 0 Å². The molecule has 0 saturated heterocycles. The van der Waals surface area contributed by atoms with Crippen molar-refractivity contribution in [3.05, 3.63) is 29.8 Å². The van der Waals surface area contributed by atoms with Gasteiger partial charge in [0.15, 0.2) is 0 Å². The van der Waals surface area contributed by atoms with Crippen molar-refractivity contribution in [2.75, 3.05) is 11.4 Å². The third-order valence-electron chi connectivity index (χ3n) is 3.75. The number of fused-ring (bicyclic) bond motifs is 1. The number of para-hydroxylation sites is 1. The van der Waals surface area contributed by atoms with E-state index in [0.717, 1.165) is 25.1 Å². The molecular formula is C16H22N2O3. The molecule has 21 heavy (non-hydrogen) atoms. The van der Waals surface area contributed by atoms with Crippen LogP contribution in [0.5, 0.6) is 0 Å². The number of nitrogens with zero attached hydrogens (tertiary/aromatic N) is 1. The molecular weight excluding hydrogens is 268 g/mol. The first-order valence-corrected chi connectivity index (χ1v) is 7.45. The van der Waals surface area contributed by atoms with Crippen molar-refractivity contribution in [3.63, 3.8) is 0 Å². The predicted molar refractivity (Wildman–Crippen MR) is 81.6 cm³/mol. The topological polar surface area (TPSA) is 69.6 Å². The lowest BCUT2D eigenvalue weighted by atomic mass is 10.0. The lowest BCUT2D eigenvalue weighted by molar-refractivity contribution is -0.137. The lowest BCUT2D eigenvalue weighted by Gasteiger charge is -2.30. The van der Waals surface area contributed by atoms with Crippen LogP contribution in [0.4, 0.5) is 10.5 Å². The number of rotatable bonds is 5. The lowest BCUT2D eigenvalue weighted by Crippen LogP contribution is -2.46. The van der Waals surface area contributed by atoms with E-state index in [1.807, 2.05) is 25.1 Å². The first-order valence-electron chi connectivity index (χ1n) is 7.45. The smallest absolute Gasteiger partial charge is 0.322 e. The Morgan fingerprint density at radius 2 is 2.14 bits per heavy atom. The van der Waals surface area contributed by atoms with Crippen molar-refractivity contribution < 1.29 is 14.7 Å². The number of carboxylic acids is 1. The first kappa shape index (κ1) is 15.4. The number of hydrogen-bond acceptors (Lipinski definition) is 2. The van der Waals surface area contributed by atoms with E-state index in [1.165, 1.54) is 5.56 Å². The van der Waals surface area contributed by atoms with Crippen LogP contribution in [0.15, 0.2) is 24.3 Å². The van der Waals surface area contributed by atoms with Gasteiger partial charge < -0.3 is 10.4 Å². The second-order valence-electron chi connectivity index (χ2n) is 5.52. The Kier molecular flexibility index (Phi) is 5.20. The SMILES string of the molecule is CC(CCCC(=O)O)NC(=O)N1CCCc2ccccc21. The van der Waals surface area contributed by atoms with Gasteiger partial charge in [-0.2, -0.15) is 0 Å². The molecule has 0 aromatic heterocycles. The van der Waals surface area contributed by atoms with Crippen molar-refractivity contribution in [2.24, 2.45) is 0 Å². The highest BCUT2D eigenvalue weighted by Gasteiger charge is 2.22. The molecule has 1 aliphatic rings. The number of anilines is 1. The molecule has 0 bridgehead atoms. The summed E-state index contributed by atoms with van der Waals surface area (Å²) in [5.74, 6) is -0.793. The zero-order valence-corrected chi connectivity index (χ0v) is 12.3. The Hall–Kier alpha value is -2.04. The van der Waals surface area contributed by atoms with Gasteiger partial charge in [0.05, 0.1) is 0 Å². The highest BCUT2D eigenvalue weighted by molar-refractivity contribution is 5.93. The van der Waals surface area contributed by atoms with Crippen molar-refractivity contribution in [1.82, 2.24) is 5.32 Å². The van der Waals surface area contributed by atoms with Crippen LogP contribution in [0, 0.1) is 0 Å². The van der Waals surface area contributed by atoms with E-state index in [0.29, 0.717) is 12.8 Å². The van der Waals surface area contributed by atoms with Crippen LogP contribution in [0.25, 0.3) is 0 Å². The van der Waals surface area contributed by atoms with Gasteiger partial charge in [-0.15, -0.1) is 0 Å². The van der Waals surface area contributed by atoms with E-state index in [9.17, 15) is 9.59 Å². The fourth-order valence-corrected chi connectivity index (χ4v) is 2.66. The maximum atomic E-state index is 12.4. The minimum Gasteiger partial charge on any atom is -0.481 e. The number of carbonyl (C=O) groups is 2. The summed E-state index contributed by atoms with van der Waals surface area (Å²) < 4.78 is 0. The number of carbonyl (C=O) groups excluding carboxylic acids is 1. The number of carboxylic acid groups (broad SMARTS) is 1. The number of aliphatic carboxylic acids is 1. The van der Waals surface area contributed by atoms with Crippen LogP contribution < -0.4 is 10.2 Å². The molecule has 5 heteroatoms. The average molecular weight is 290 g/mol. The summed E-state index contributed by atoms with van der Waals surface area (Å²) in [6, 6.07) is 7.86. The van der Waals surface area contributed by atoms with Crippen LogP contribution in [0.2, 0.25) is 0 Å². The van der Waals surface area contributed by atoms with Crippen LogP contribution in [0.3, 0.4) is 0 Å². The van der Waals surface area contributed by atoms with Gasteiger partial charge in [-0.3, -0.25) is 9.69 Å². The van der Waals surface area contributed by atoms with Gasteiger partial charge in [-0.25, -0.2) is 4.79 Å². The van der Waals surface area contributed by atoms with Crippen LogP contribution >= 0.6 is 0 Å². The molecule has 1 aliphatic heterocycles. The Labute approximate surface area is 125 Å². The van der Waals surface area contributed by atoms with Crippen molar-refractivity contribution >= 4 is 17.7 Å². The molecule has 1 aromatic carbocycles. The summed E-state index contributed by atoms with van der Waals surface area (Å²) in [5.41, 5.74) is 2.19. The molecule has 114 valence electrons. The molecule has 1 unspecified atom stereocenters. The summed E-state index contributed by atoms with van der Waals surface area (Å²) in [6.45, 7) is 2.64. The van der Waals surface area contributed by atoms with Gasteiger partial charge in [0.1, 0.15) is 0 Å². The third-order valence-corrected chi connectivity index (χ3v) is 3.75. The molecule has 5 nitrogen and oxygen atoms in total. The normalized spacial score (nSPS) is 15.2. The number of amides is 2. The maximum Gasteiger partial charge on any atom is 0.322 e. The second-order valence-corrected chi connectivity index (χ2v) is 5.52. The number of urea groups is 1. The van der Waals surface area contributed by atoms with Crippen molar-refractivity contribution in [1.29, 1.82) is 0 Å². The van der Waals surface area contributed by atoms with E-state index < -0.39 is 5.97 Å². The highest BCUT2D eigenvalue weighted by atomic mass is 16.4. The van der Waals surface area contributed by atoms with Gasteiger partial charge in [-0.1, -0.05) is 18.2 Å². The Morgan fingerprint density at radius 1 is 1.38 bits per heavy atom. The fraction of sp³-hybridized carbons (Fsp3) is 0.500. The zero-order valence-electron chi connectivity index (χ0n) is 12.3. The van der Waals surface area contributed by atoms with Gasteiger partial charge in [0, 0.05) is 24.7 Å². The molecule has 2 rings (SSSR count). The monoisotopic (exact) mass is 290 g/mol. The molecule has 0 aliphatic carbocycles. The molecule has 0 fully saturated rings. The number of benzene rings is 1.